The van der Waals surface area contributed by atoms with Gasteiger partial charge in [-0.15, -0.1) is 10.2 Å². The van der Waals surface area contributed by atoms with E-state index in [2.05, 4.69) is 61.4 Å². The normalized spacial score (nSPS) is 23.2. The maximum Gasteiger partial charge on any atom is 0.227 e. The van der Waals surface area contributed by atoms with Gasteiger partial charge in [0, 0.05) is 71.1 Å². The summed E-state index contributed by atoms with van der Waals surface area (Å²) in [5, 5.41) is 9.27. The molecule has 0 bridgehead atoms. The Bertz CT molecular complexity index is 782. The van der Waals surface area contributed by atoms with Crippen LogP contribution in [0.4, 0.5) is 5.95 Å². The number of anilines is 1. The molecule has 4 heterocycles. The molecule has 0 spiro atoms. The first kappa shape index (κ1) is 20.4. The monoisotopic (exact) mass is 402 g/mol. The summed E-state index contributed by atoms with van der Waals surface area (Å²) in [6.45, 7) is 12.4. The van der Waals surface area contributed by atoms with Crippen molar-refractivity contribution < 1.29 is 9.47 Å². The molecule has 160 valence electrons. The van der Waals surface area contributed by atoms with E-state index in [0.29, 0.717) is 12.0 Å². The lowest BCUT2D eigenvalue weighted by molar-refractivity contribution is 0.0922. The van der Waals surface area contributed by atoms with Gasteiger partial charge >= 0.3 is 0 Å². The van der Waals surface area contributed by atoms with Crippen LogP contribution in [0, 0.1) is 5.92 Å². The molecule has 2 aliphatic heterocycles. The molecule has 8 heteroatoms. The zero-order chi connectivity index (χ0) is 20.2. The van der Waals surface area contributed by atoms with E-state index in [-0.39, 0.29) is 0 Å². The van der Waals surface area contributed by atoms with Gasteiger partial charge in [0.25, 0.3) is 0 Å². The molecule has 29 heavy (non-hydrogen) atoms. The van der Waals surface area contributed by atoms with Crippen LogP contribution >= 0.6 is 0 Å². The first-order valence-corrected chi connectivity index (χ1v) is 10.9. The van der Waals surface area contributed by atoms with Gasteiger partial charge in [-0.05, 0) is 32.4 Å². The Balaban J connectivity index is 1.54. The van der Waals surface area contributed by atoms with Gasteiger partial charge in [-0.25, -0.2) is 0 Å². The van der Waals surface area contributed by atoms with Crippen molar-refractivity contribution in [3.63, 3.8) is 0 Å². The van der Waals surface area contributed by atoms with Crippen LogP contribution in [0.15, 0.2) is 18.3 Å². The first-order valence-electron chi connectivity index (χ1n) is 10.9. The highest BCUT2D eigenvalue weighted by Crippen LogP contribution is 2.27. The van der Waals surface area contributed by atoms with Gasteiger partial charge in [-0.1, -0.05) is 0 Å². The van der Waals surface area contributed by atoms with Crippen LogP contribution in [-0.4, -0.2) is 82.9 Å². The van der Waals surface area contributed by atoms with E-state index in [0.717, 1.165) is 83.0 Å². The maximum atomic E-state index is 5.63. The number of rotatable bonds is 8. The lowest BCUT2D eigenvalue weighted by atomic mass is 10.1. The second kappa shape index (κ2) is 9.28. The van der Waals surface area contributed by atoms with Gasteiger partial charge in [0.2, 0.25) is 5.95 Å². The van der Waals surface area contributed by atoms with Crippen molar-refractivity contribution in [3.8, 4) is 11.5 Å². The largest absolute Gasteiger partial charge is 0.381 e. The Kier molecular flexibility index (Phi) is 6.52. The number of hydrogen-bond acceptors (Lipinski definition) is 6. The van der Waals surface area contributed by atoms with Gasteiger partial charge < -0.3 is 18.9 Å². The fourth-order valence-electron chi connectivity index (χ4n) is 4.40. The van der Waals surface area contributed by atoms with Gasteiger partial charge in [0.15, 0.2) is 5.82 Å². The molecule has 0 aromatic carbocycles. The Morgan fingerprint density at radius 1 is 1.28 bits per heavy atom. The Morgan fingerprint density at radius 3 is 2.86 bits per heavy atom. The first-order chi connectivity index (χ1) is 14.2. The van der Waals surface area contributed by atoms with Crippen molar-refractivity contribution in [1.82, 2.24) is 24.2 Å². The number of piperazine rings is 1. The summed E-state index contributed by atoms with van der Waals surface area (Å²) < 4.78 is 15.6. The van der Waals surface area contributed by atoms with Crippen molar-refractivity contribution >= 4 is 5.95 Å². The summed E-state index contributed by atoms with van der Waals surface area (Å²) in [6, 6.07) is 4.64. The van der Waals surface area contributed by atoms with Gasteiger partial charge in [0.1, 0.15) is 0 Å². The van der Waals surface area contributed by atoms with E-state index in [4.69, 9.17) is 9.47 Å². The highest BCUT2D eigenvalue weighted by molar-refractivity contribution is 5.54. The predicted octanol–water partition coefficient (Wildman–Crippen LogP) is 1.87. The van der Waals surface area contributed by atoms with E-state index in [9.17, 15) is 0 Å². The molecule has 8 nitrogen and oxygen atoms in total. The van der Waals surface area contributed by atoms with Crippen LogP contribution < -0.4 is 4.90 Å². The van der Waals surface area contributed by atoms with E-state index in [1.807, 2.05) is 6.92 Å². The molecule has 2 aliphatic rings. The predicted molar refractivity (Wildman–Crippen MR) is 113 cm³/mol. The molecule has 2 aromatic heterocycles. The number of aromatic nitrogens is 4. The summed E-state index contributed by atoms with van der Waals surface area (Å²) in [6.07, 6.45) is 3.16. The fourth-order valence-corrected chi connectivity index (χ4v) is 4.40. The third-order valence-corrected chi connectivity index (χ3v) is 6.14. The zero-order valence-corrected chi connectivity index (χ0v) is 18.0. The van der Waals surface area contributed by atoms with E-state index >= 15 is 0 Å². The second-order valence-corrected chi connectivity index (χ2v) is 8.20. The lowest BCUT2D eigenvalue weighted by Crippen LogP contribution is -2.53. The van der Waals surface area contributed by atoms with E-state index < -0.39 is 0 Å². The topological polar surface area (TPSA) is 60.6 Å². The van der Waals surface area contributed by atoms with E-state index in [1.54, 1.807) is 0 Å². The quantitative estimate of drug-likeness (QED) is 0.628. The summed E-state index contributed by atoms with van der Waals surface area (Å²) in [4.78, 5) is 4.91. The Hall–Kier alpha value is -1.90. The molecule has 4 rings (SSSR count). The summed E-state index contributed by atoms with van der Waals surface area (Å²) >= 11 is 0. The molecule has 0 amide bonds. The molecule has 2 saturated heterocycles. The molecule has 0 N–H and O–H groups in total. The van der Waals surface area contributed by atoms with Crippen molar-refractivity contribution in [2.45, 2.75) is 32.9 Å². The third-order valence-electron chi connectivity index (χ3n) is 6.14. The molecule has 0 radical (unpaired) electrons. The molecule has 0 unspecified atom stereocenters. The molecular weight excluding hydrogens is 368 g/mol. The van der Waals surface area contributed by atoms with Crippen LogP contribution in [0.3, 0.4) is 0 Å². The average molecular weight is 403 g/mol. The summed E-state index contributed by atoms with van der Waals surface area (Å²) in [7, 11) is 2.06. The highest BCUT2D eigenvalue weighted by Gasteiger charge is 2.29. The maximum absolute atomic E-state index is 5.63. The van der Waals surface area contributed by atoms with Gasteiger partial charge in [0.05, 0.1) is 18.9 Å². The molecule has 2 aromatic rings. The average Bonchev–Trinajstić information content (AvgIpc) is 3.45. The Morgan fingerprint density at radius 2 is 2.17 bits per heavy atom. The molecule has 2 atom stereocenters. The molecule has 0 aliphatic carbocycles. The number of hydrogen-bond donors (Lipinski definition) is 0. The molecular formula is C21H34N6O2. The van der Waals surface area contributed by atoms with Gasteiger partial charge in [-0.3, -0.25) is 9.47 Å². The minimum absolute atomic E-state index is 0.461. The summed E-state index contributed by atoms with van der Waals surface area (Å²) in [5.74, 6) is 2.46. The van der Waals surface area contributed by atoms with Crippen LogP contribution in [0.5, 0.6) is 0 Å². The second-order valence-electron chi connectivity index (χ2n) is 8.20. The number of nitrogens with zero attached hydrogens (tertiary/aromatic N) is 6. The number of ether oxygens (including phenoxy) is 2. The SMILES string of the molecule is CCOCCN1CCN(c2nnc(-c3cccn3C)n2C[C@H]2CCOC2)C[C@@H]1C. The van der Waals surface area contributed by atoms with Crippen molar-refractivity contribution in [2.24, 2.45) is 13.0 Å². The smallest absolute Gasteiger partial charge is 0.227 e. The van der Waals surface area contributed by atoms with Crippen molar-refractivity contribution in [3.05, 3.63) is 18.3 Å². The van der Waals surface area contributed by atoms with Crippen LogP contribution in [0.25, 0.3) is 11.5 Å². The van der Waals surface area contributed by atoms with Crippen molar-refractivity contribution in [1.29, 1.82) is 0 Å². The standard InChI is InChI=1S/C21H34N6O2/c1-4-28-13-11-25-9-10-26(14-17(25)2)21-23-22-20(19-6-5-8-24(19)3)27(21)15-18-7-12-29-16-18/h5-6,8,17-18H,4,7,9-16H2,1-3H3/t17-,18+/m0/s1. The lowest BCUT2D eigenvalue weighted by Gasteiger charge is -2.40. The van der Waals surface area contributed by atoms with E-state index in [1.165, 1.54) is 0 Å². The third kappa shape index (κ3) is 4.49. The summed E-state index contributed by atoms with van der Waals surface area (Å²) in [5.41, 5.74) is 1.10. The van der Waals surface area contributed by atoms with Crippen molar-refractivity contribution in [2.75, 3.05) is 57.5 Å². The minimum Gasteiger partial charge on any atom is -0.381 e. The minimum atomic E-state index is 0.461. The number of aryl methyl sites for hydroxylation is 1. The van der Waals surface area contributed by atoms with Crippen LogP contribution in [-0.2, 0) is 23.1 Å². The molecule has 0 saturated carbocycles. The Labute approximate surface area is 173 Å². The van der Waals surface area contributed by atoms with Gasteiger partial charge in [-0.2, -0.15) is 0 Å². The fraction of sp³-hybridized carbons (Fsp3) is 0.714. The molecule has 2 fully saturated rings. The highest BCUT2D eigenvalue weighted by atomic mass is 16.5. The zero-order valence-electron chi connectivity index (χ0n) is 18.0. The van der Waals surface area contributed by atoms with Crippen LogP contribution in [0.1, 0.15) is 20.3 Å². The van der Waals surface area contributed by atoms with Crippen LogP contribution in [0.2, 0.25) is 0 Å².